The maximum Gasteiger partial charge on any atom is 0.265 e. The van der Waals surface area contributed by atoms with Crippen LogP contribution >= 0.6 is 0 Å². The van der Waals surface area contributed by atoms with Gasteiger partial charge in [-0.3, -0.25) is 9.40 Å². The highest BCUT2D eigenvalue weighted by Gasteiger charge is 2.23. The van der Waals surface area contributed by atoms with Crippen LogP contribution in [0.4, 0.5) is 5.69 Å². The quantitative estimate of drug-likeness (QED) is 0.944. The molecule has 0 aliphatic heterocycles. The van der Waals surface area contributed by atoms with Crippen LogP contribution in [-0.4, -0.2) is 18.2 Å². The summed E-state index contributed by atoms with van der Waals surface area (Å²) in [5.41, 5.74) is 2.86. The van der Waals surface area contributed by atoms with Gasteiger partial charge in [-0.15, -0.1) is 0 Å². The van der Waals surface area contributed by atoms with Crippen molar-refractivity contribution in [2.45, 2.75) is 38.5 Å². The van der Waals surface area contributed by atoms with Crippen molar-refractivity contribution in [3.8, 4) is 0 Å². The van der Waals surface area contributed by atoms with E-state index < -0.39 is 10.0 Å². The van der Waals surface area contributed by atoms with Crippen LogP contribution in [0.1, 0.15) is 36.7 Å². The lowest BCUT2D eigenvalue weighted by Crippen LogP contribution is -2.15. The number of nitrogens with zero attached hydrogens (tertiary/aromatic N) is 2. The molecule has 5 nitrogen and oxygen atoms in total. The van der Waals surface area contributed by atoms with Crippen LogP contribution in [0.25, 0.3) is 0 Å². The van der Waals surface area contributed by atoms with Crippen LogP contribution in [0.5, 0.6) is 0 Å². The molecule has 2 aromatic rings. The number of anilines is 1. The highest BCUT2D eigenvalue weighted by Crippen LogP contribution is 2.23. The number of nitrogens with one attached hydrogen (secondary N) is 1. The second kappa shape index (κ2) is 5.52. The lowest BCUT2D eigenvalue weighted by Gasteiger charge is -2.10. The molecule has 0 saturated carbocycles. The first-order valence-electron chi connectivity index (χ1n) is 6.85. The van der Waals surface area contributed by atoms with Crippen molar-refractivity contribution in [3.05, 3.63) is 41.2 Å². The summed E-state index contributed by atoms with van der Waals surface area (Å²) in [5.74, 6) is 0.415. The number of hydrogen-bond acceptors (Lipinski definition) is 3. The van der Waals surface area contributed by atoms with Gasteiger partial charge in [0.25, 0.3) is 10.0 Å². The molecule has 0 unspecified atom stereocenters. The fourth-order valence-corrected chi connectivity index (χ4v) is 3.78. The Kier molecular flexibility index (Phi) is 4.09. The van der Waals surface area contributed by atoms with E-state index in [9.17, 15) is 8.42 Å². The molecular formula is C15H21N3O2S. The van der Waals surface area contributed by atoms with E-state index in [0.29, 0.717) is 23.0 Å². The average Bonchev–Trinajstić information content (AvgIpc) is 2.63. The predicted molar refractivity (Wildman–Crippen MR) is 84.0 cm³/mol. The molecule has 1 aromatic carbocycles. The maximum atomic E-state index is 12.5. The Bertz CT molecular complexity index is 744. The highest BCUT2D eigenvalue weighted by atomic mass is 32.2. The van der Waals surface area contributed by atoms with E-state index >= 15 is 0 Å². The molecule has 6 heteroatoms. The molecule has 0 amide bonds. The predicted octanol–water partition coefficient (Wildman–Crippen LogP) is 2.96. The van der Waals surface area contributed by atoms with Crippen LogP contribution in [-0.2, 0) is 17.1 Å². The molecule has 1 N–H and O–H groups in total. The molecule has 0 saturated heterocycles. The van der Waals surface area contributed by atoms with Gasteiger partial charge in [-0.2, -0.15) is 5.10 Å². The Balaban J connectivity index is 2.33. The van der Waals surface area contributed by atoms with Gasteiger partial charge in [-0.25, -0.2) is 8.42 Å². The first-order chi connectivity index (χ1) is 9.72. The van der Waals surface area contributed by atoms with Crippen LogP contribution in [0, 0.1) is 13.8 Å². The smallest absolute Gasteiger partial charge is 0.265 e. The van der Waals surface area contributed by atoms with Crippen LogP contribution in [0.15, 0.2) is 29.2 Å². The number of aryl methyl sites for hydroxylation is 2. The Morgan fingerprint density at radius 1 is 1.14 bits per heavy atom. The zero-order valence-electron chi connectivity index (χ0n) is 13.0. The molecule has 0 aliphatic rings. The molecule has 0 aliphatic carbocycles. The summed E-state index contributed by atoms with van der Waals surface area (Å²) >= 11 is 0. The van der Waals surface area contributed by atoms with E-state index in [0.717, 1.165) is 0 Å². The van der Waals surface area contributed by atoms with Crippen molar-refractivity contribution in [1.82, 2.24) is 9.78 Å². The third-order valence-electron chi connectivity index (χ3n) is 3.54. The number of sulfonamides is 1. The zero-order valence-corrected chi connectivity index (χ0v) is 13.8. The summed E-state index contributed by atoms with van der Waals surface area (Å²) in [6, 6.07) is 7.44. The van der Waals surface area contributed by atoms with Gasteiger partial charge in [-0.05, 0) is 37.5 Å². The second-order valence-corrected chi connectivity index (χ2v) is 7.13. The van der Waals surface area contributed by atoms with Gasteiger partial charge >= 0.3 is 0 Å². The largest absolute Gasteiger partial charge is 0.280 e. The van der Waals surface area contributed by atoms with Gasteiger partial charge in [0, 0.05) is 12.7 Å². The van der Waals surface area contributed by atoms with Crippen molar-refractivity contribution >= 4 is 15.7 Å². The van der Waals surface area contributed by atoms with Crippen molar-refractivity contribution < 1.29 is 8.42 Å². The summed E-state index contributed by atoms with van der Waals surface area (Å²) < 4.78 is 29.2. The van der Waals surface area contributed by atoms with Gasteiger partial charge in [-0.1, -0.05) is 26.0 Å². The normalized spacial score (nSPS) is 11.9. The SMILES string of the molecule is Cc1nn(C)c(C)c1S(=O)(=O)Nc1ccc(C(C)C)cc1. The molecule has 0 atom stereocenters. The standard InChI is InChI=1S/C15H21N3O2S/c1-10(2)13-6-8-14(9-7-13)17-21(19,20)15-11(3)16-18(5)12(15)4/h6-10,17H,1-5H3. The molecule has 0 spiro atoms. The monoisotopic (exact) mass is 307 g/mol. The van der Waals surface area contributed by atoms with Gasteiger partial charge in [0.2, 0.25) is 0 Å². The fraction of sp³-hybridized carbons (Fsp3) is 0.400. The topological polar surface area (TPSA) is 64.0 Å². The van der Waals surface area contributed by atoms with Gasteiger partial charge in [0.05, 0.1) is 11.4 Å². The summed E-state index contributed by atoms with van der Waals surface area (Å²) in [4.78, 5) is 0.248. The Morgan fingerprint density at radius 3 is 2.14 bits per heavy atom. The van der Waals surface area contributed by atoms with Crippen molar-refractivity contribution in [3.63, 3.8) is 0 Å². The van der Waals surface area contributed by atoms with E-state index in [2.05, 4.69) is 23.7 Å². The maximum absolute atomic E-state index is 12.5. The molecule has 1 aromatic heterocycles. The van der Waals surface area contributed by atoms with Crippen LogP contribution < -0.4 is 4.72 Å². The number of rotatable bonds is 4. The Labute approximate surface area is 126 Å². The fourth-order valence-electron chi connectivity index (χ4n) is 2.29. The third-order valence-corrected chi connectivity index (χ3v) is 5.17. The number of benzene rings is 1. The molecule has 0 bridgehead atoms. The Hall–Kier alpha value is -1.82. The lowest BCUT2D eigenvalue weighted by molar-refractivity contribution is 0.599. The summed E-state index contributed by atoms with van der Waals surface area (Å²) in [5, 5.41) is 4.15. The van der Waals surface area contributed by atoms with Crippen molar-refractivity contribution in [2.75, 3.05) is 4.72 Å². The first kappa shape index (κ1) is 15.6. The third kappa shape index (κ3) is 3.10. The number of aromatic nitrogens is 2. The molecule has 0 fully saturated rings. The minimum atomic E-state index is -3.62. The number of hydrogen-bond donors (Lipinski definition) is 1. The van der Waals surface area contributed by atoms with E-state index in [1.165, 1.54) is 5.56 Å². The van der Waals surface area contributed by atoms with Crippen molar-refractivity contribution in [2.24, 2.45) is 7.05 Å². The zero-order chi connectivity index (χ0) is 15.8. The molecule has 1 heterocycles. The van der Waals surface area contributed by atoms with E-state index in [1.54, 1.807) is 37.7 Å². The van der Waals surface area contributed by atoms with Crippen LogP contribution in [0.3, 0.4) is 0 Å². The van der Waals surface area contributed by atoms with E-state index in [4.69, 9.17) is 0 Å². The van der Waals surface area contributed by atoms with Gasteiger partial charge in [0.15, 0.2) is 0 Å². The molecule has 114 valence electrons. The van der Waals surface area contributed by atoms with E-state index in [-0.39, 0.29) is 4.90 Å². The van der Waals surface area contributed by atoms with Crippen LogP contribution in [0.2, 0.25) is 0 Å². The van der Waals surface area contributed by atoms with E-state index in [1.807, 2.05) is 12.1 Å². The average molecular weight is 307 g/mol. The summed E-state index contributed by atoms with van der Waals surface area (Å²) in [6.07, 6.45) is 0. The highest BCUT2D eigenvalue weighted by molar-refractivity contribution is 7.92. The van der Waals surface area contributed by atoms with Gasteiger partial charge in [0.1, 0.15) is 4.90 Å². The molecular weight excluding hydrogens is 286 g/mol. The Morgan fingerprint density at radius 2 is 1.71 bits per heavy atom. The summed E-state index contributed by atoms with van der Waals surface area (Å²) in [6.45, 7) is 7.64. The minimum absolute atomic E-state index is 0.248. The van der Waals surface area contributed by atoms with Gasteiger partial charge < -0.3 is 0 Å². The second-order valence-electron chi connectivity index (χ2n) is 5.51. The molecule has 2 rings (SSSR count). The lowest BCUT2D eigenvalue weighted by atomic mass is 10.0. The summed E-state index contributed by atoms with van der Waals surface area (Å²) in [7, 11) is -1.89. The molecule has 0 radical (unpaired) electrons. The van der Waals surface area contributed by atoms with Crippen molar-refractivity contribution in [1.29, 1.82) is 0 Å². The molecule has 21 heavy (non-hydrogen) atoms. The minimum Gasteiger partial charge on any atom is -0.280 e. The first-order valence-corrected chi connectivity index (χ1v) is 8.33.